The molecule has 1 atom stereocenters. The zero-order chi connectivity index (χ0) is 5.15. The summed E-state index contributed by atoms with van der Waals surface area (Å²) in [7, 11) is 0. The standard InChI is InChI=1S/C2H4FNOS/c3-1(6)2(4)5/h1,6H,(H2,4,5). The van der Waals surface area contributed by atoms with Crippen molar-refractivity contribution in [2.45, 2.75) is 5.50 Å². The Labute approximate surface area is 39.9 Å². The van der Waals surface area contributed by atoms with Gasteiger partial charge in [0.2, 0.25) is 5.50 Å². The molecule has 2 nitrogen and oxygen atoms in total. The van der Waals surface area contributed by atoms with Crippen LogP contribution in [0.3, 0.4) is 0 Å². The summed E-state index contributed by atoms with van der Waals surface area (Å²) in [5.41, 5.74) is 2.53. The van der Waals surface area contributed by atoms with Gasteiger partial charge < -0.3 is 5.73 Å². The van der Waals surface area contributed by atoms with Crippen LogP contribution in [0.4, 0.5) is 4.39 Å². The van der Waals surface area contributed by atoms with Crippen LogP contribution in [0, 0.1) is 0 Å². The lowest BCUT2D eigenvalue weighted by Crippen LogP contribution is -2.18. The lowest BCUT2D eigenvalue weighted by Gasteiger charge is -1.86. The summed E-state index contributed by atoms with van der Waals surface area (Å²) in [5.74, 6) is -1.04. The number of halogens is 1. The van der Waals surface area contributed by atoms with Crippen LogP contribution < -0.4 is 5.73 Å². The van der Waals surface area contributed by atoms with Gasteiger partial charge in [-0.1, -0.05) is 0 Å². The summed E-state index contributed by atoms with van der Waals surface area (Å²) in [6.07, 6.45) is 0. The molecule has 0 aromatic carbocycles. The van der Waals surface area contributed by atoms with Gasteiger partial charge in [0.1, 0.15) is 0 Å². The summed E-state index contributed by atoms with van der Waals surface area (Å²) >= 11 is 3.05. The number of alkyl halides is 1. The van der Waals surface area contributed by atoms with Crippen molar-refractivity contribution < 1.29 is 9.18 Å². The minimum absolute atomic E-state index is 1.04. The van der Waals surface area contributed by atoms with Crippen molar-refractivity contribution in [1.29, 1.82) is 0 Å². The van der Waals surface area contributed by atoms with E-state index in [0.29, 0.717) is 0 Å². The third-order valence-electron chi connectivity index (χ3n) is 0.235. The van der Waals surface area contributed by atoms with Crippen LogP contribution in [0.2, 0.25) is 0 Å². The Kier molecular flexibility index (Phi) is 1.94. The van der Waals surface area contributed by atoms with Crippen molar-refractivity contribution in [3.05, 3.63) is 0 Å². The fourth-order valence-electron chi connectivity index (χ4n) is 0. The maximum atomic E-state index is 11.2. The van der Waals surface area contributed by atoms with Crippen LogP contribution in [0.1, 0.15) is 0 Å². The smallest absolute Gasteiger partial charge is 0.262 e. The third-order valence-corrected chi connectivity index (χ3v) is 0.489. The summed E-state index contributed by atoms with van der Waals surface area (Å²) in [4.78, 5) is 9.47. The summed E-state index contributed by atoms with van der Waals surface area (Å²) in [5, 5.41) is 0. The van der Waals surface area contributed by atoms with Gasteiger partial charge in [0.25, 0.3) is 5.91 Å². The Bertz CT molecular complexity index is 64.6. The number of rotatable bonds is 1. The number of nitrogens with two attached hydrogens (primary N) is 1. The zero-order valence-electron chi connectivity index (χ0n) is 2.89. The Balaban J connectivity index is 3.26. The van der Waals surface area contributed by atoms with E-state index in [2.05, 4.69) is 18.4 Å². The molecule has 0 fully saturated rings. The van der Waals surface area contributed by atoms with E-state index in [9.17, 15) is 9.18 Å². The summed E-state index contributed by atoms with van der Waals surface area (Å²) in [6, 6.07) is 0. The van der Waals surface area contributed by atoms with E-state index in [-0.39, 0.29) is 0 Å². The predicted molar refractivity (Wildman–Crippen MR) is 23.1 cm³/mol. The predicted octanol–water partition coefficient (Wildman–Crippen LogP) is -0.303. The van der Waals surface area contributed by atoms with Gasteiger partial charge in [-0.2, -0.15) is 0 Å². The minimum Gasteiger partial charge on any atom is -0.366 e. The molecular weight excluding hydrogens is 105 g/mol. The topological polar surface area (TPSA) is 43.1 Å². The molecule has 0 rings (SSSR count). The van der Waals surface area contributed by atoms with Crippen LogP contribution >= 0.6 is 12.6 Å². The first kappa shape index (κ1) is 5.75. The first-order valence-electron chi connectivity index (χ1n) is 1.26. The monoisotopic (exact) mass is 109 g/mol. The van der Waals surface area contributed by atoms with E-state index in [0.717, 1.165) is 0 Å². The van der Waals surface area contributed by atoms with Gasteiger partial charge in [0.05, 0.1) is 0 Å². The normalized spacial score (nSPS) is 13.7. The quantitative estimate of drug-likeness (QED) is 0.446. The van der Waals surface area contributed by atoms with Gasteiger partial charge in [0, 0.05) is 0 Å². The molecule has 0 radical (unpaired) electrons. The minimum atomic E-state index is -1.81. The largest absolute Gasteiger partial charge is 0.366 e. The average molecular weight is 109 g/mol. The highest BCUT2D eigenvalue weighted by molar-refractivity contribution is 7.81. The molecule has 36 valence electrons. The molecule has 2 N–H and O–H groups in total. The van der Waals surface area contributed by atoms with Crippen LogP contribution in [-0.2, 0) is 4.79 Å². The van der Waals surface area contributed by atoms with Crippen molar-refractivity contribution in [1.82, 2.24) is 0 Å². The maximum absolute atomic E-state index is 11.2. The van der Waals surface area contributed by atoms with Crippen LogP contribution in [0.5, 0.6) is 0 Å². The number of amides is 1. The van der Waals surface area contributed by atoms with Gasteiger partial charge in [0.15, 0.2) is 0 Å². The third kappa shape index (κ3) is 2.02. The van der Waals surface area contributed by atoms with E-state index in [1.54, 1.807) is 0 Å². The number of carbonyl (C=O) groups is 1. The molecule has 1 amide bonds. The molecule has 0 heterocycles. The lowest BCUT2D eigenvalue weighted by atomic mass is 10.7. The first-order chi connectivity index (χ1) is 2.64. The molecule has 0 saturated heterocycles. The van der Waals surface area contributed by atoms with Gasteiger partial charge in [-0.3, -0.25) is 4.79 Å². The Hall–Kier alpha value is -0.250. The highest BCUT2D eigenvalue weighted by atomic mass is 32.1. The SMILES string of the molecule is NC(=O)C(F)S. The molecule has 1 unspecified atom stereocenters. The van der Waals surface area contributed by atoms with Crippen molar-refractivity contribution in [2.75, 3.05) is 0 Å². The number of primary amides is 1. The van der Waals surface area contributed by atoms with Crippen molar-refractivity contribution in [3.8, 4) is 0 Å². The average Bonchev–Trinajstić information content (AvgIpc) is 1.36. The lowest BCUT2D eigenvalue weighted by molar-refractivity contribution is -0.119. The number of hydrogen-bond donors (Lipinski definition) is 2. The number of carbonyl (C=O) groups excluding carboxylic acids is 1. The van der Waals surface area contributed by atoms with E-state index < -0.39 is 11.4 Å². The molecule has 0 aliphatic carbocycles. The van der Waals surface area contributed by atoms with Gasteiger partial charge >= 0.3 is 0 Å². The number of thiol groups is 1. The molecule has 6 heavy (non-hydrogen) atoms. The van der Waals surface area contributed by atoms with Crippen molar-refractivity contribution in [2.24, 2.45) is 5.73 Å². The Morgan fingerprint density at radius 3 is 2.17 bits per heavy atom. The Morgan fingerprint density at radius 2 is 2.17 bits per heavy atom. The second-order valence-electron chi connectivity index (χ2n) is 0.738. The molecule has 4 heteroatoms. The molecule has 0 aromatic heterocycles. The summed E-state index contributed by atoms with van der Waals surface area (Å²) < 4.78 is 11.2. The number of hydrogen-bond acceptors (Lipinski definition) is 2. The van der Waals surface area contributed by atoms with E-state index in [1.165, 1.54) is 0 Å². The molecule has 0 aromatic rings. The second-order valence-corrected chi connectivity index (χ2v) is 1.19. The maximum Gasteiger partial charge on any atom is 0.262 e. The van der Waals surface area contributed by atoms with Crippen molar-refractivity contribution >= 4 is 18.5 Å². The highest BCUT2D eigenvalue weighted by Gasteiger charge is 2.02. The van der Waals surface area contributed by atoms with E-state index in [1.807, 2.05) is 0 Å². The molecule has 0 saturated carbocycles. The Morgan fingerprint density at radius 1 is 2.00 bits per heavy atom. The highest BCUT2D eigenvalue weighted by Crippen LogP contribution is 1.90. The van der Waals surface area contributed by atoms with Gasteiger partial charge in [-0.25, -0.2) is 4.39 Å². The van der Waals surface area contributed by atoms with Crippen molar-refractivity contribution in [3.63, 3.8) is 0 Å². The summed E-state index contributed by atoms with van der Waals surface area (Å²) in [6.45, 7) is 0. The van der Waals surface area contributed by atoms with Crippen LogP contribution in [-0.4, -0.2) is 11.4 Å². The van der Waals surface area contributed by atoms with Gasteiger partial charge in [-0.15, -0.1) is 12.6 Å². The molecule has 0 aliphatic rings. The van der Waals surface area contributed by atoms with Crippen LogP contribution in [0.15, 0.2) is 0 Å². The first-order valence-corrected chi connectivity index (χ1v) is 1.77. The zero-order valence-corrected chi connectivity index (χ0v) is 3.78. The van der Waals surface area contributed by atoms with Crippen LogP contribution in [0.25, 0.3) is 0 Å². The molecule has 0 spiro atoms. The van der Waals surface area contributed by atoms with E-state index >= 15 is 0 Å². The second kappa shape index (κ2) is 2.02. The van der Waals surface area contributed by atoms with Gasteiger partial charge in [-0.05, 0) is 0 Å². The fourth-order valence-corrected chi connectivity index (χ4v) is 0. The fraction of sp³-hybridized carbons (Fsp3) is 0.500. The molecule has 0 aliphatic heterocycles. The molecular formula is C2H4FNOS. The molecule has 0 bridgehead atoms. The van der Waals surface area contributed by atoms with E-state index in [4.69, 9.17) is 0 Å².